The van der Waals surface area contributed by atoms with Gasteiger partial charge in [-0.1, -0.05) is 0 Å². The minimum absolute atomic E-state index is 0. The molecule has 4 nitrogen and oxygen atoms in total. The Kier molecular flexibility index (Phi) is 5.94. The Bertz CT molecular complexity index is 157. The van der Waals surface area contributed by atoms with Crippen molar-refractivity contribution < 1.29 is 31.5 Å². The summed E-state index contributed by atoms with van der Waals surface area (Å²) in [5.74, 6) is -1.62. The van der Waals surface area contributed by atoms with Gasteiger partial charge in [-0.3, -0.25) is 14.4 Å². The molecule has 0 aromatic heterocycles. The van der Waals surface area contributed by atoms with E-state index in [0.29, 0.717) is 4.90 Å². The monoisotopic (exact) mass is 206 g/mol. The van der Waals surface area contributed by atoms with Gasteiger partial charge in [-0.15, -0.1) is 0 Å². The molecule has 67 valence electrons. The fourth-order valence-corrected chi connectivity index (χ4v) is 0.665. The van der Waals surface area contributed by atoms with E-state index in [9.17, 15) is 14.4 Å². The Balaban J connectivity index is 0. The molecule has 0 atom stereocenters. The number of hydrogen-bond acceptors (Lipinski definition) is 3. The smallest absolute Gasteiger partial charge is 0.232 e. The quantitative estimate of drug-likeness (QED) is 0.522. The van der Waals surface area contributed by atoms with Gasteiger partial charge in [0.25, 0.3) is 0 Å². The van der Waals surface area contributed by atoms with Crippen molar-refractivity contribution >= 4 is 17.7 Å². The van der Waals surface area contributed by atoms with Crippen LogP contribution in [0.2, 0.25) is 0 Å². The van der Waals surface area contributed by atoms with E-state index < -0.39 is 17.7 Å². The number of rotatable bonds is 0. The summed E-state index contributed by atoms with van der Waals surface area (Å²) in [6.45, 7) is 3.51. The molecular formula is C6H9CuNO3. The molecule has 0 unspecified atom stereocenters. The van der Waals surface area contributed by atoms with Crippen molar-refractivity contribution in [1.29, 1.82) is 0 Å². The Morgan fingerprint density at radius 3 is 1.00 bits per heavy atom. The molecule has 0 aromatic rings. The van der Waals surface area contributed by atoms with Gasteiger partial charge in [-0.05, 0) is 0 Å². The number of carbonyl (C=O) groups excluding carboxylic acids is 3. The van der Waals surface area contributed by atoms with Gasteiger partial charge in [-0.25, -0.2) is 4.90 Å². The third-order valence-electron chi connectivity index (χ3n) is 0.945. The fraction of sp³-hybridized carbons (Fsp3) is 0.500. The number of amides is 3. The molecule has 0 saturated carbocycles. The molecule has 11 heavy (non-hydrogen) atoms. The fourth-order valence-electron chi connectivity index (χ4n) is 0.665. The van der Waals surface area contributed by atoms with E-state index in [1.807, 2.05) is 0 Å². The van der Waals surface area contributed by atoms with Crippen molar-refractivity contribution in [3.8, 4) is 0 Å². The summed E-state index contributed by atoms with van der Waals surface area (Å²) >= 11 is 0. The molecule has 0 aromatic carbocycles. The van der Waals surface area contributed by atoms with Gasteiger partial charge < -0.3 is 0 Å². The molecule has 1 radical (unpaired) electrons. The van der Waals surface area contributed by atoms with Gasteiger partial charge in [0.05, 0.1) is 0 Å². The molecule has 0 saturated heterocycles. The van der Waals surface area contributed by atoms with Crippen molar-refractivity contribution in [1.82, 2.24) is 4.90 Å². The van der Waals surface area contributed by atoms with Crippen molar-refractivity contribution in [3.63, 3.8) is 0 Å². The van der Waals surface area contributed by atoms with Crippen LogP contribution in [0.25, 0.3) is 0 Å². The first-order valence-corrected chi connectivity index (χ1v) is 2.78. The van der Waals surface area contributed by atoms with E-state index in [1.165, 1.54) is 20.8 Å². The Hall–Kier alpha value is -0.671. The van der Waals surface area contributed by atoms with Crippen molar-refractivity contribution in [2.24, 2.45) is 0 Å². The third-order valence-corrected chi connectivity index (χ3v) is 0.945. The number of hydrogen-bond donors (Lipinski definition) is 0. The molecule has 3 amide bonds. The molecule has 0 spiro atoms. The molecular weight excluding hydrogens is 198 g/mol. The molecule has 0 aliphatic carbocycles. The Morgan fingerprint density at radius 2 is 1.00 bits per heavy atom. The summed E-state index contributed by atoms with van der Waals surface area (Å²) in [7, 11) is 0. The van der Waals surface area contributed by atoms with E-state index >= 15 is 0 Å². The van der Waals surface area contributed by atoms with Gasteiger partial charge in [-0.2, -0.15) is 0 Å². The predicted octanol–water partition coefficient (Wildman–Crippen LogP) is -0.0746. The summed E-state index contributed by atoms with van der Waals surface area (Å²) in [6.07, 6.45) is 0. The second kappa shape index (κ2) is 5.04. The normalized spacial score (nSPS) is 7.91. The van der Waals surface area contributed by atoms with Crippen molar-refractivity contribution in [2.45, 2.75) is 20.8 Å². The van der Waals surface area contributed by atoms with E-state index in [0.717, 1.165) is 0 Å². The number of nitrogens with zero attached hydrogens (tertiary/aromatic N) is 1. The minimum Gasteiger partial charge on any atom is -0.274 e. The van der Waals surface area contributed by atoms with E-state index in [4.69, 9.17) is 0 Å². The van der Waals surface area contributed by atoms with Crippen LogP contribution in [0.15, 0.2) is 0 Å². The van der Waals surface area contributed by atoms with Crippen LogP contribution in [0.5, 0.6) is 0 Å². The average molecular weight is 207 g/mol. The van der Waals surface area contributed by atoms with Crippen molar-refractivity contribution in [3.05, 3.63) is 0 Å². The molecule has 0 rings (SSSR count). The first-order chi connectivity index (χ1) is 4.46. The van der Waals surface area contributed by atoms with Gasteiger partial charge in [0.15, 0.2) is 0 Å². The predicted molar refractivity (Wildman–Crippen MR) is 33.9 cm³/mol. The zero-order valence-corrected chi connectivity index (χ0v) is 7.42. The first-order valence-electron chi connectivity index (χ1n) is 2.78. The maximum absolute atomic E-state index is 10.5. The van der Waals surface area contributed by atoms with Gasteiger partial charge in [0.1, 0.15) is 0 Å². The van der Waals surface area contributed by atoms with Crippen LogP contribution in [-0.4, -0.2) is 22.6 Å². The minimum atomic E-state index is -0.542. The zero-order chi connectivity index (χ0) is 8.31. The van der Waals surface area contributed by atoms with Gasteiger partial charge in [0, 0.05) is 37.8 Å². The summed E-state index contributed by atoms with van der Waals surface area (Å²) in [6, 6.07) is 0. The maximum Gasteiger partial charge on any atom is 0.232 e. The van der Waals surface area contributed by atoms with Crippen molar-refractivity contribution in [2.75, 3.05) is 0 Å². The topological polar surface area (TPSA) is 54.5 Å². The molecule has 0 fully saturated rings. The second-order valence-electron chi connectivity index (χ2n) is 1.89. The van der Waals surface area contributed by atoms with E-state index in [2.05, 4.69) is 0 Å². The van der Waals surface area contributed by atoms with Gasteiger partial charge >= 0.3 is 0 Å². The van der Waals surface area contributed by atoms with Crippen LogP contribution in [-0.2, 0) is 31.5 Å². The standard InChI is InChI=1S/C6H9NO3.Cu/c1-4(8)7(5(2)9)6(3)10;/h1-3H3;. The summed E-state index contributed by atoms with van der Waals surface area (Å²) in [5.41, 5.74) is 0. The molecule has 0 heterocycles. The summed E-state index contributed by atoms with van der Waals surface area (Å²) < 4.78 is 0. The molecule has 0 N–H and O–H groups in total. The molecule has 0 aliphatic rings. The molecule has 0 bridgehead atoms. The number of carbonyl (C=O) groups is 3. The van der Waals surface area contributed by atoms with E-state index in [1.54, 1.807) is 0 Å². The van der Waals surface area contributed by atoms with Crippen LogP contribution in [0, 0.1) is 0 Å². The van der Waals surface area contributed by atoms with Crippen LogP contribution in [0.4, 0.5) is 0 Å². The maximum atomic E-state index is 10.5. The van der Waals surface area contributed by atoms with Crippen LogP contribution in [0.3, 0.4) is 0 Å². The summed E-state index contributed by atoms with van der Waals surface area (Å²) in [5, 5.41) is 0. The Morgan fingerprint density at radius 1 is 0.818 bits per heavy atom. The Labute approximate surface area is 75.4 Å². The third kappa shape index (κ3) is 3.90. The van der Waals surface area contributed by atoms with Gasteiger partial charge in [0.2, 0.25) is 17.7 Å². The summed E-state index contributed by atoms with van der Waals surface area (Å²) in [4.78, 5) is 32.1. The molecule has 0 aliphatic heterocycles. The number of imide groups is 3. The average Bonchev–Trinajstić information content (AvgIpc) is 1.59. The second-order valence-corrected chi connectivity index (χ2v) is 1.89. The largest absolute Gasteiger partial charge is 0.274 e. The molecule has 5 heteroatoms. The first kappa shape index (κ1) is 13.0. The SMILES string of the molecule is CC(=O)N(C(C)=O)C(C)=O.[Cu]. The van der Waals surface area contributed by atoms with Crippen LogP contribution >= 0.6 is 0 Å². The van der Waals surface area contributed by atoms with Crippen LogP contribution in [0.1, 0.15) is 20.8 Å². The van der Waals surface area contributed by atoms with Crippen LogP contribution < -0.4 is 0 Å². The zero-order valence-electron chi connectivity index (χ0n) is 6.47. The van der Waals surface area contributed by atoms with E-state index in [-0.39, 0.29) is 17.1 Å².